The molecule has 14 heavy (non-hydrogen) atoms. The molecule has 3 unspecified atom stereocenters. The maximum Gasteiger partial charge on any atom is 0.251 e. The molecule has 1 rings (SSSR count). The van der Waals surface area contributed by atoms with Crippen LogP contribution >= 0.6 is 34.8 Å². The van der Waals surface area contributed by atoms with Crippen LogP contribution in [0.5, 0.6) is 0 Å². The second-order valence-electron chi connectivity index (χ2n) is 2.80. The van der Waals surface area contributed by atoms with Crippen molar-refractivity contribution in [2.24, 2.45) is 11.8 Å². The predicted octanol–water partition coefficient (Wildman–Crippen LogP) is 0.914. The Labute approximate surface area is 94.4 Å². The van der Waals surface area contributed by atoms with Crippen LogP contribution in [0.3, 0.4) is 0 Å². The Morgan fingerprint density at radius 2 is 1.57 bits per heavy atom. The van der Waals surface area contributed by atoms with Gasteiger partial charge in [0.2, 0.25) is 10.5 Å². The highest BCUT2D eigenvalue weighted by Gasteiger charge is 2.47. The minimum absolute atomic E-state index is 0.116. The van der Waals surface area contributed by atoms with Crippen molar-refractivity contribution in [1.29, 1.82) is 0 Å². The normalized spacial score (nSPS) is 31.5. The fraction of sp³-hybridized carbons (Fsp3) is 0.571. The van der Waals surface area contributed by atoms with E-state index in [4.69, 9.17) is 39.5 Å². The van der Waals surface area contributed by atoms with Crippen molar-refractivity contribution in [3.8, 4) is 0 Å². The summed E-state index contributed by atoms with van der Waals surface area (Å²) in [5, 5.41) is -2.46. The van der Waals surface area contributed by atoms with Gasteiger partial charge < -0.3 is 4.74 Å². The molecule has 78 valence electrons. The molecule has 0 aliphatic carbocycles. The van der Waals surface area contributed by atoms with Crippen LogP contribution < -0.4 is 0 Å². The van der Waals surface area contributed by atoms with Gasteiger partial charge in [0.25, 0.3) is 5.24 Å². The highest BCUT2D eigenvalue weighted by atomic mass is 35.5. The number of hydrogen-bond acceptors (Lipinski definition) is 4. The van der Waals surface area contributed by atoms with E-state index in [1.165, 1.54) is 0 Å². The van der Waals surface area contributed by atoms with Gasteiger partial charge in [0, 0.05) is 0 Å². The van der Waals surface area contributed by atoms with Gasteiger partial charge in [0.15, 0.2) is 0 Å². The van der Waals surface area contributed by atoms with Gasteiger partial charge in [0.05, 0.1) is 18.4 Å². The largest absolute Gasteiger partial charge is 0.367 e. The van der Waals surface area contributed by atoms with Gasteiger partial charge in [-0.2, -0.15) is 0 Å². The quantitative estimate of drug-likeness (QED) is 0.707. The van der Waals surface area contributed by atoms with E-state index < -0.39 is 33.7 Å². The van der Waals surface area contributed by atoms with E-state index >= 15 is 0 Å². The molecule has 0 radical (unpaired) electrons. The minimum atomic E-state index is -1.17. The summed E-state index contributed by atoms with van der Waals surface area (Å²) in [7, 11) is 0. The third-order valence-electron chi connectivity index (χ3n) is 1.99. The molecule has 0 aromatic heterocycles. The Morgan fingerprint density at radius 3 is 1.93 bits per heavy atom. The molecule has 4 nitrogen and oxygen atoms in total. The van der Waals surface area contributed by atoms with Gasteiger partial charge in [0.1, 0.15) is 6.10 Å². The number of hydrogen-bond donors (Lipinski definition) is 0. The van der Waals surface area contributed by atoms with E-state index in [1.807, 2.05) is 0 Å². The highest BCUT2D eigenvalue weighted by Crippen LogP contribution is 2.32. The lowest BCUT2D eigenvalue weighted by molar-refractivity contribution is -0.128. The predicted molar refractivity (Wildman–Crippen MR) is 49.3 cm³/mol. The van der Waals surface area contributed by atoms with E-state index in [1.54, 1.807) is 0 Å². The fourth-order valence-corrected chi connectivity index (χ4v) is 1.98. The molecule has 1 saturated heterocycles. The fourth-order valence-electron chi connectivity index (χ4n) is 1.32. The Morgan fingerprint density at radius 1 is 1.00 bits per heavy atom. The van der Waals surface area contributed by atoms with Gasteiger partial charge in [-0.05, 0) is 34.8 Å². The van der Waals surface area contributed by atoms with Crippen molar-refractivity contribution in [3.05, 3.63) is 0 Å². The molecule has 0 aromatic rings. The molecular formula is C7H5Cl3O4. The maximum absolute atomic E-state index is 10.9. The van der Waals surface area contributed by atoms with Crippen LogP contribution in [0.15, 0.2) is 0 Å². The lowest BCUT2D eigenvalue weighted by atomic mass is 9.93. The van der Waals surface area contributed by atoms with Gasteiger partial charge in [-0.15, -0.1) is 0 Å². The van der Waals surface area contributed by atoms with Gasteiger partial charge in [-0.1, -0.05) is 0 Å². The van der Waals surface area contributed by atoms with Crippen LogP contribution in [-0.4, -0.2) is 28.4 Å². The summed E-state index contributed by atoms with van der Waals surface area (Å²) in [6.45, 7) is -0.116. The second-order valence-corrected chi connectivity index (χ2v) is 3.92. The van der Waals surface area contributed by atoms with Crippen LogP contribution in [0.25, 0.3) is 0 Å². The van der Waals surface area contributed by atoms with E-state index in [9.17, 15) is 14.4 Å². The molecule has 0 saturated carbocycles. The number of carbonyl (C=O) groups is 3. The Hall–Kier alpha value is -0.160. The molecule has 3 atom stereocenters. The average Bonchev–Trinajstić information content (AvgIpc) is 2.46. The Bertz CT molecular complexity index is 269. The zero-order valence-corrected chi connectivity index (χ0v) is 8.97. The average molecular weight is 259 g/mol. The van der Waals surface area contributed by atoms with E-state index in [-0.39, 0.29) is 6.61 Å². The molecular weight excluding hydrogens is 254 g/mol. The van der Waals surface area contributed by atoms with Crippen molar-refractivity contribution >= 4 is 50.5 Å². The molecule has 0 bridgehead atoms. The maximum atomic E-state index is 10.9. The van der Waals surface area contributed by atoms with Crippen LogP contribution in [0, 0.1) is 11.8 Å². The third kappa shape index (κ3) is 2.25. The molecule has 7 heteroatoms. The summed E-state index contributed by atoms with van der Waals surface area (Å²) in [4.78, 5) is 32.6. The Kier molecular flexibility index (Phi) is 3.89. The first-order chi connectivity index (χ1) is 6.45. The van der Waals surface area contributed by atoms with Crippen LogP contribution in [0.2, 0.25) is 0 Å². The highest BCUT2D eigenvalue weighted by molar-refractivity contribution is 6.68. The van der Waals surface area contributed by atoms with Gasteiger partial charge in [-0.25, -0.2) is 0 Å². The lowest BCUT2D eigenvalue weighted by Crippen LogP contribution is -2.32. The summed E-state index contributed by atoms with van der Waals surface area (Å²) in [6.07, 6.45) is -1.17. The number of halogens is 3. The smallest absolute Gasteiger partial charge is 0.251 e. The van der Waals surface area contributed by atoms with Crippen LogP contribution in [0.4, 0.5) is 0 Å². The van der Waals surface area contributed by atoms with Gasteiger partial charge >= 0.3 is 0 Å². The summed E-state index contributed by atoms with van der Waals surface area (Å²) < 4.78 is 4.87. The van der Waals surface area contributed by atoms with Crippen molar-refractivity contribution < 1.29 is 19.1 Å². The zero-order valence-electron chi connectivity index (χ0n) is 6.71. The minimum Gasteiger partial charge on any atom is -0.367 e. The van der Waals surface area contributed by atoms with Crippen molar-refractivity contribution in [2.75, 3.05) is 6.61 Å². The summed E-state index contributed by atoms with van der Waals surface area (Å²) in [6, 6.07) is 0. The molecule has 1 aliphatic heterocycles. The topological polar surface area (TPSA) is 60.4 Å². The van der Waals surface area contributed by atoms with Crippen molar-refractivity contribution in [1.82, 2.24) is 0 Å². The second kappa shape index (κ2) is 4.57. The molecule has 1 heterocycles. The summed E-state index contributed by atoms with van der Waals surface area (Å²) in [5.41, 5.74) is 0. The number of ether oxygens (including phenoxy) is 1. The first-order valence-electron chi connectivity index (χ1n) is 3.64. The van der Waals surface area contributed by atoms with Crippen molar-refractivity contribution in [3.63, 3.8) is 0 Å². The molecule has 1 aliphatic rings. The van der Waals surface area contributed by atoms with E-state index in [0.717, 1.165) is 0 Å². The van der Waals surface area contributed by atoms with E-state index in [0.29, 0.717) is 0 Å². The first kappa shape index (κ1) is 11.9. The number of rotatable bonds is 3. The molecule has 0 spiro atoms. The molecule has 0 amide bonds. The van der Waals surface area contributed by atoms with Crippen LogP contribution in [-0.2, 0) is 19.1 Å². The van der Waals surface area contributed by atoms with E-state index in [2.05, 4.69) is 0 Å². The summed E-state index contributed by atoms with van der Waals surface area (Å²) >= 11 is 15.6. The molecule has 0 aromatic carbocycles. The third-order valence-corrected chi connectivity index (χ3v) is 2.74. The lowest BCUT2D eigenvalue weighted by Gasteiger charge is -2.12. The Balaban J connectivity index is 2.90. The summed E-state index contributed by atoms with van der Waals surface area (Å²) in [5.74, 6) is -1.97. The monoisotopic (exact) mass is 258 g/mol. The zero-order chi connectivity index (χ0) is 10.9. The first-order valence-corrected chi connectivity index (χ1v) is 4.78. The van der Waals surface area contributed by atoms with Crippen LogP contribution in [0.1, 0.15) is 0 Å². The molecule has 1 fully saturated rings. The standard InChI is InChI=1S/C7H5Cl3O4/c8-5(11)2-1-14-4(7(10)13)3(2)6(9)12/h2-4H,1H2. The number of carbonyl (C=O) groups excluding carboxylic acids is 3. The molecule has 0 N–H and O–H groups in total. The van der Waals surface area contributed by atoms with Gasteiger partial charge in [-0.3, -0.25) is 14.4 Å². The van der Waals surface area contributed by atoms with Crippen molar-refractivity contribution in [2.45, 2.75) is 6.10 Å². The SMILES string of the molecule is O=C(Cl)C1COC(C(=O)Cl)C1C(=O)Cl.